The highest BCUT2D eigenvalue weighted by Gasteiger charge is 2.19. The largest absolute Gasteiger partial charge is 0.485 e. The van der Waals surface area contributed by atoms with E-state index in [1.807, 2.05) is 30.3 Å². The minimum atomic E-state index is -0.539. The lowest BCUT2D eigenvalue weighted by molar-refractivity contribution is 0.0521. The second-order valence-corrected chi connectivity index (χ2v) is 4.91. The molecule has 0 saturated carbocycles. The fourth-order valence-electron chi connectivity index (χ4n) is 2.26. The Bertz CT molecular complexity index is 828. The van der Waals surface area contributed by atoms with Crippen molar-refractivity contribution in [1.82, 2.24) is 9.38 Å². The number of nitrogens with zero attached hydrogens (tertiary/aromatic N) is 2. The van der Waals surface area contributed by atoms with E-state index in [9.17, 15) is 4.79 Å². The molecule has 6 nitrogen and oxygen atoms in total. The van der Waals surface area contributed by atoms with Gasteiger partial charge in [0.1, 0.15) is 12.4 Å². The van der Waals surface area contributed by atoms with Crippen molar-refractivity contribution >= 4 is 17.4 Å². The Balaban J connectivity index is 1.92. The molecule has 1 aromatic carbocycles. The van der Waals surface area contributed by atoms with Crippen molar-refractivity contribution in [2.24, 2.45) is 0 Å². The molecule has 0 aliphatic carbocycles. The molecule has 2 heterocycles. The van der Waals surface area contributed by atoms with Gasteiger partial charge in [0.15, 0.2) is 17.1 Å². The van der Waals surface area contributed by atoms with E-state index in [1.165, 1.54) is 0 Å². The lowest BCUT2D eigenvalue weighted by Crippen LogP contribution is -2.08. The van der Waals surface area contributed by atoms with Gasteiger partial charge < -0.3 is 15.2 Å². The zero-order chi connectivity index (χ0) is 16.2. The number of pyridine rings is 1. The Morgan fingerprint density at radius 3 is 2.74 bits per heavy atom. The molecule has 0 atom stereocenters. The van der Waals surface area contributed by atoms with Crippen LogP contribution >= 0.6 is 0 Å². The summed E-state index contributed by atoms with van der Waals surface area (Å²) in [5, 5.41) is 0. The Morgan fingerprint density at radius 1 is 1.22 bits per heavy atom. The summed E-state index contributed by atoms with van der Waals surface area (Å²) in [6.07, 6.45) is 1.73. The highest BCUT2D eigenvalue weighted by Crippen LogP contribution is 2.24. The number of nitrogen functional groups attached to an aromatic ring is 1. The van der Waals surface area contributed by atoms with Gasteiger partial charge in [-0.25, -0.2) is 9.78 Å². The molecule has 0 fully saturated rings. The van der Waals surface area contributed by atoms with Crippen LogP contribution < -0.4 is 10.5 Å². The van der Waals surface area contributed by atoms with Crippen molar-refractivity contribution in [3.8, 4) is 5.75 Å². The molecule has 0 saturated heterocycles. The Morgan fingerprint density at radius 2 is 2.00 bits per heavy atom. The first-order valence-electron chi connectivity index (χ1n) is 7.31. The smallest absolute Gasteiger partial charge is 0.360 e. The van der Waals surface area contributed by atoms with Crippen LogP contribution in [0.4, 0.5) is 5.82 Å². The third-order valence-corrected chi connectivity index (χ3v) is 3.36. The van der Waals surface area contributed by atoms with Crippen molar-refractivity contribution in [2.75, 3.05) is 12.3 Å². The number of benzene rings is 1. The summed E-state index contributed by atoms with van der Waals surface area (Å²) in [5.41, 5.74) is 7.62. The predicted molar refractivity (Wildman–Crippen MR) is 86.3 cm³/mol. The van der Waals surface area contributed by atoms with Gasteiger partial charge in [-0.2, -0.15) is 0 Å². The van der Waals surface area contributed by atoms with E-state index in [4.69, 9.17) is 15.2 Å². The summed E-state index contributed by atoms with van der Waals surface area (Å²) >= 11 is 0. The summed E-state index contributed by atoms with van der Waals surface area (Å²) in [6.45, 7) is 2.41. The Hall–Kier alpha value is -3.02. The van der Waals surface area contributed by atoms with E-state index in [2.05, 4.69) is 4.98 Å². The van der Waals surface area contributed by atoms with Gasteiger partial charge >= 0.3 is 5.97 Å². The van der Waals surface area contributed by atoms with Crippen LogP contribution in [0.25, 0.3) is 5.65 Å². The molecule has 23 heavy (non-hydrogen) atoms. The number of ether oxygens (including phenoxy) is 2. The summed E-state index contributed by atoms with van der Waals surface area (Å²) in [4.78, 5) is 16.2. The molecule has 0 unspecified atom stereocenters. The van der Waals surface area contributed by atoms with Crippen molar-refractivity contribution in [2.45, 2.75) is 13.5 Å². The van der Waals surface area contributed by atoms with Crippen LogP contribution in [0.2, 0.25) is 0 Å². The lowest BCUT2D eigenvalue weighted by Gasteiger charge is -2.07. The highest BCUT2D eigenvalue weighted by atomic mass is 16.5. The van der Waals surface area contributed by atoms with Gasteiger partial charge in [-0.05, 0) is 24.6 Å². The van der Waals surface area contributed by atoms with Gasteiger partial charge in [0, 0.05) is 6.20 Å². The van der Waals surface area contributed by atoms with Crippen LogP contribution in [0.15, 0.2) is 48.7 Å². The Labute approximate surface area is 133 Å². The average molecular weight is 311 g/mol. The molecule has 2 aromatic heterocycles. The summed E-state index contributed by atoms with van der Waals surface area (Å²) in [7, 11) is 0. The number of esters is 1. The fraction of sp³-hybridized carbons (Fsp3) is 0.176. The number of anilines is 1. The number of carbonyl (C=O) groups excluding carboxylic acids is 1. The second-order valence-electron chi connectivity index (χ2n) is 4.91. The van der Waals surface area contributed by atoms with E-state index in [-0.39, 0.29) is 18.1 Å². The molecular formula is C17H17N3O3. The van der Waals surface area contributed by atoms with Crippen LogP contribution in [-0.2, 0) is 11.3 Å². The van der Waals surface area contributed by atoms with Crippen LogP contribution in [-0.4, -0.2) is 22.0 Å². The number of hydrogen-bond acceptors (Lipinski definition) is 5. The number of aromatic nitrogens is 2. The molecular weight excluding hydrogens is 294 g/mol. The maximum atomic E-state index is 11.9. The highest BCUT2D eigenvalue weighted by molar-refractivity contribution is 5.94. The van der Waals surface area contributed by atoms with E-state index in [0.717, 1.165) is 5.56 Å². The number of rotatable bonds is 5. The van der Waals surface area contributed by atoms with E-state index in [1.54, 1.807) is 29.7 Å². The zero-order valence-electron chi connectivity index (χ0n) is 12.7. The Kier molecular flexibility index (Phi) is 4.14. The van der Waals surface area contributed by atoms with Gasteiger partial charge in [-0.3, -0.25) is 4.40 Å². The zero-order valence-corrected chi connectivity index (χ0v) is 12.7. The van der Waals surface area contributed by atoms with Crippen molar-refractivity contribution in [3.05, 3.63) is 59.9 Å². The van der Waals surface area contributed by atoms with Gasteiger partial charge in [0.05, 0.1) is 6.61 Å². The fourth-order valence-corrected chi connectivity index (χ4v) is 2.26. The maximum absolute atomic E-state index is 11.9. The molecule has 118 valence electrons. The molecule has 2 N–H and O–H groups in total. The standard InChI is InChI=1S/C17H17N3O3/c1-2-22-17(21)14-15(18)20-10-6-9-13(16(20)19-14)23-11-12-7-4-3-5-8-12/h3-10H,2,11,18H2,1H3. The molecule has 0 radical (unpaired) electrons. The molecule has 3 aromatic rings. The second kappa shape index (κ2) is 6.39. The molecule has 3 rings (SSSR count). The number of hydrogen-bond donors (Lipinski definition) is 1. The summed E-state index contributed by atoms with van der Waals surface area (Å²) < 4.78 is 12.4. The summed E-state index contributed by atoms with van der Waals surface area (Å²) in [6, 6.07) is 13.4. The van der Waals surface area contributed by atoms with E-state index < -0.39 is 5.97 Å². The number of imidazole rings is 1. The molecule has 0 bridgehead atoms. The predicted octanol–water partition coefficient (Wildman–Crippen LogP) is 2.67. The van der Waals surface area contributed by atoms with Crippen molar-refractivity contribution in [1.29, 1.82) is 0 Å². The van der Waals surface area contributed by atoms with Gasteiger partial charge in [-0.1, -0.05) is 30.3 Å². The third-order valence-electron chi connectivity index (χ3n) is 3.36. The van der Waals surface area contributed by atoms with Crippen LogP contribution in [0, 0.1) is 0 Å². The first kappa shape index (κ1) is 14.9. The van der Waals surface area contributed by atoms with E-state index in [0.29, 0.717) is 18.0 Å². The maximum Gasteiger partial charge on any atom is 0.360 e. The normalized spacial score (nSPS) is 10.7. The lowest BCUT2D eigenvalue weighted by atomic mass is 10.2. The van der Waals surface area contributed by atoms with Crippen LogP contribution in [0.3, 0.4) is 0 Å². The first-order chi connectivity index (χ1) is 11.2. The minimum Gasteiger partial charge on any atom is -0.485 e. The molecule has 0 aliphatic heterocycles. The molecule has 6 heteroatoms. The summed E-state index contributed by atoms with van der Waals surface area (Å²) in [5.74, 6) is 0.255. The van der Waals surface area contributed by atoms with Crippen molar-refractivity contribution < 1.29 is 14.3 Å². The van der Waals surface area contributed by atoms with Crippen LogP contribution in [0.5, 0.6) is 5.75 Å². The quantitative estimate of drug-likeness (QED) is 0.733. The van der Waals surface area contributed by atoms with Gasteiger partial charge in [0.2, 0.25) is 0 Å². The van der Waals surface area contributed by atoms with Crippen molar-refractivity contribution in [3.63, 3.8) is 0 Å². The number of nitrogens with two attached hydrogens (primary N) is 1. The number of carbonyl (C=O) groups is 1. The topological polar surface area (TPSA) is 78.8 Å². The minimum absolute atomic E-state index is 0.0996. The van der Waals surface area contributed by atoms with E-state index >= 15 is 0 Å². The number of fused-ring (bicyclic) bond motifs is 1. The average Bonchev–Trinajstić information content (AvgIpc) is 2.92. The van der Waals surface area contributed by atoms with Crippen LogP contribution in [0.1, 0.15) is 23.0 Å². The third kappa shape index (κ3) is 2.96. The monoisotopic (exact) mass is 311 g/mol. The molecule has 0 amide bonds. The van der Waals surface area contributed by atoms with Gasteiger partial charge in [0.25, 0.3) is 0 Å². The SMILES string of the molecule is CCOC(=O)c1nc2c(OCc3ccccc3)cccn2c1N. The first-order valence-corrected chi connectivity index (χ1v) is 7.31. The molecule has 0 spiro atoms. The molecule has 0 aliphatic rings. The van der Waals surface area contributed by atoms with Gasteiger partial charge in [-0.15, -0.1) is 0 Å².